The number of aromatic amines is 1. The minimum absolute atomic E-state index is 0.187. The van der Waals surface area contributed by atoms with Gasteiger partial charge in [0.05, 0.1) is 5.69 Å². The van der Waals surface area contributed by atoms with Gasteiger partial charge in [-0.3, -0.25) is 4.90 Å². The van der Waals surface area contributed by atoms with Gasteiger partial charge in [0.15, 0.2) is 5.89 Å². The van der Waals surface area contributed by atoms with Crippen molar-refractivity contribution in [3.63, 3.8) is 0 Å². The Morgan fingerprint density at radius 2 is 2.33 bits per heavy atom. The number of aromatic nitrogens is 2. The molecule has 0 saturated heterocycles. The number of halogens is 1. The lowest BCUT2D eigenvalue weighted by molar-refractivity contribution is 0.242. The lowest BCUT2D eigenvalue weighted by Gasteiger charge is -2.26. The second-order valence-corrected chi connectivity index (χ2v) is 5.59. The summed E-state index contributed by atoms with van der Waals surface area (Å²) in [5.74, 6) is 0.505. The molecule has 0 aliphatic carbocycles. The van der Waals surface area contributed by atoms with Gasteiger partial charge in [0.1, 0.15) is 12.1 Å². The molecule has 0 fully saturated rings. The molecular formula is C16H16FN3O. The van der Waals surface area contributed by atoms with Crippen molar-refractivity contribution in [1.82, 2.24) is 14.9 Å². The van der Waals surface area contributed by atoms with Gasteiger partial charge in [0.2, 0.25) is 0 Å². The Bertz CT molecular complexity index is 805. The SMILES string of the molecule is Cc1nc(CN2CCc3[nH]c4ccc(F)cc4c3C2)co1. The third-order valence-electron chi connectivity index (χ3n) is 4.07. The van der Waals surface area contributed by atoms with Gasteiger partial charge in [-0.1, -0.05) is 0 Å². The highest BCUT2D eigenvalue weighted by Gasteiger charge is 2.21. The van der Waals surface area contributed by atoms with Crippen molar-refractivity contribution >= 4 is 10.9 Å². The molecule has 0 saturated carbocycles. The maximum absolute atomic E-state index is 13.5. The Labute approximate surface area is 121 Å². The molecule has 4 nitrogen and oxygen atoms in total. The van der Waals surface area contributed by atoms with E-state index in [1.807, 2.05) is 13.0 Å². The molecule has 0 atom stereocenters. The molecule has 108 valence electrons. The summed E-state index contributed by atoms with van der Waals surface area (Å²) in [6.45, 7) is 4.39. The van der Waals surface area contributed by atoms with Gasteiger partial charge >= 0.3 is 0 Å². The zero-order chi connectivity index (χ0) is 14.4. The second-order valence-electron chi connectivity index (χ2n) is 5.59. The van der Waals surface area contributed by atoms with E-state index in [2.05, 4.69) is 14.9 Å². The minimum atomic E-state index is -0.187. The third kappa shape index (κ3) is 2.23. The monoisotopic (exact) mass is 285 g/mol. The Morgan fingerprint density at radius 3 is 3.14 bits per heavy atom. The fraction of sp³-hybridized carbons (Fsp3) is 0.312. The molecule has 1 aromatic carbocycles. The van der Waals surface area contributed by atoms with Crippen LogP contribution in [-0.4, -0.2) is 21.4 Å². The van der Waals surface area contributed by atoms with Crippen LogP contribution in [0.5, 0.6) is 0 Å². The molecule has 21 heavy (non-hydrogen) atoms. The minimum Gasteiger partial charge on any atom is -0.449 e. The molecule has 3 aromatic rings. The lowest BCUT2D eigenvalue weighted by atomic mass is 10.0. The van der Waals surface area contributed by atoms with Gasteiger partial charge in [0.25, 0.3) is 0 Å². The van der Waals surface area contributed by atoms with Crippen LogP contribution < -0.4 is 0 Å². The zero-order valence-corrected chi connectivity index (χ0v) is 11.8. The summed E-state index contributed by atoms with van der Waals surface area (Å²) >= 11 is 0. The van der Waals surface area contributed by atoms with Crippen molar-refractivity contribution in [1.29, 1.82) is 0 Å². The number of aryl methyl sites for hydroxylation is 1. The molecule has 5 heteroatoms. The van der Waals surface area contributed by atoms with Crippen molar-refractivity contribution in [2.45, 2.75) is 26.4 Å². The molecule has 3 heterocycles. The van der Waals surface area contributed by atoms with E-state index in [1.54, 1.807) is 12.3 Å². The smallest absolute Gasteiger partial charge is 0.191 e. The van der Waals surface area contributed by atoms with Gasteiger partial charge in [-0.15, -0.1) is 0 Å². The molecular weight excluding hydrogens is 269 g/mol. The summed E-state index contributed by atoms with van der Waals surface area (Å²) in [6, 6.07) is 4.93. The van der Waals surface area contributed by atoms with E-state index in [-0.39, 0.29) is 5.82 Å². The van der Waals surface area contributed by atoms with Crippen molar-refractivity contribution < 1.29 is 8.81 Å². The van der Waals surface area contributed by atoms with Gasteiger partial charge in [-0.25, -0.2) is 9.37 Å². The number of benzene rings is 1. The molecule has 0 amide bonds. The molecule has 1 aliphatic heterocycles. The van der Waals surface area contributed by atoms with Crippen molar-refractivity contribution in [3.05, 3.63) is 53.1 Å². The molecule has 1 aliphatic rings. The quantitative estimate of drug-likeness (QED) is 0.786. The summed E-state index contributed by atoms with van der Waals surface area (Å²) in [7, 11) is 0. The van der Waals surface area contributed by atoms with Gasteiger partial charge in [-0.2, -0.15) is 0 Å². The molecule has 0 spiro atoms. The first-order valence-corrected chi connectivity index (χ1v) is 7.11. The van der Waals surface area contributed by atoms with Crippen LogP contribution in [0.1, 0.15) is 22.8 Å². The fourth-order valence-electron chi connectivity index (χ4n) is 3.09. The number of nitrogens with one attached hydrogen (secondary N) is 1. The van der Waals surface area contributed by atoms with E-state index in [1.165, 1.54) is 17.3 Å². The average Bonchev–Trinajstić information content (AvgIpc) is 3.02. The highest BCUT2D eigenvalue weighted by molar-refractivity contribution is 5.84. The maximum atomic E-state index is 13.5. The molecule has 0 unspecified atom stereocenters. The largest absolute Gasteiger partial charge is 0.449 e. The van der Waals surface area contributed by atoms with E-state index in [0.29, 0.717) is 5.89 Å². The number of hydrogen-bond donors (Lipinski definition) is 1. The highest BCUT2D eigenvalue weighted by atomic mass is 19.1. The molecule has 1 N–H and O–H groups in total. The molecule has 2 aromatic heterocycles. The van der Waals surface area contributed by atoms with Gasteiger partial charge in [0, 0.05) is 49.6 Å². The van der Waals surface area contributed by atoms with Crippen LogP contribution in [0.2, 0.25) is 0 Å². The second kappa shape index (κ2) is 4.70. The first-order chi connectivity index (χ1) is 10.2. The Kier molecular flexibility index (Phi) is 2.82. The Hall–Kier alpha value is -2.14. The number of oxazole rings is 1. The normalized spacial score (nSPS) is 15.5. The summed E-state index contributed by atoms with van der Waals surface area (Å²) in [5.41, 5.74) is 4.39. The van der Waals surface area contributed by atoms with Crippen molar-refractivity contribution in [2.24, 2.45) is 0 Å². The van der Waals surface area contributed by atoms with E-state index in [4.69, 9.17) is 4.42 Å². The van der Waals surface area contributed by atoms with Crippen LogP contribution in [-0.2, 0) is 19.5 Å². The summed E-state index contributed by atoms with van der Waals surface area (Å²) in [6.07, 6.45) is 2.65. The van der Waals surface area contributed by atoms with E-state index < -0.39 is 0 Å². The van der Waals surface area contributed by atoms with Crippen LogP contribution in [0.15, 0.2) is 28.9 Å². The van der Waals surface area contributed by atoms with Crippen LogP contribution >= 0.6 is 0 Å². The average molecular weight is 285 g/mol. The maximum Gasteiger partial charge on any atom is 0.191 e. The number of fused-ring (bicyclic) bond motifs is 3. The standard InChI is InChI=1S/C16H16FN3O/c1-10-18-12(9-21-10)7-20-5-4-16-14(8-20)13-6-11(17)2-3-15(13)19-16/h2-3,6,9,19H,4-5,7-8H2,1H3. The number of nitrogens with zero attached hydrogens (tertiary/aromatic N) is 2. The number of hydrogen-bond acceptors (Lipinski definition) is 3. The fourth-order valence-corrected chi connectivity index (χ4v) is 3.09. The molecule has 0 bridgehead atoms. The Morgan fingerprint density at radius 1 is 1.43 bits per heavy atom. The van der Waals surface area contributed by atoms with Crippen LogP contribution in [0, 0.1) is 12.7 Å². The predicted octanol–water partition coefficient (Wildman–Crippen LogP) is 3.16. The summed E-state index contributed by atoms with van der Waals surface area (Å²) in [5, 5.41) is 0.992. The summed E-state index contributed by atoms with van der Waals surface area (Å²) < 4.78 is 18.7. The van der Waals surface area contributed by atoms with Crippen molar-refractivity contribution in [2.75, 3.05) is 6.54 Å². The van der Waals surface area contributed by atoms with Crippen LogP contribution in [0.4, 0.5) is 4.39 Å². The van der Waals surface area contributed by atoms with Crippen molar-refractivity contribution in [3.8, 4) is 0 Å². The van der Waals surface area contributed by atoms with E-state index in [9.17, 15) is 4.39 Å². The highest BCUT2D eigenvalue weighted by Crippen LogP contribution is 2.28. The third-order valence-corrected chi connectivity index (χ3v) is 4.07. The first-order valence-electron chi connectivity index (χ1n) is 7.11. The predicted molar refractivity (Wildman–Crippen MR) is 77.3 cm³/mol. The molecule has 0 radical (unpaired) electrons. The first kappa shape index (κ1) is 12.6. The summed E-state index contributed by atoms with van der Waals surface area (Å²) in [4.78, 5) is 10.1. The van der Waals surface area contributed by atoms with Crippen LogP contribution in [0.3, 0.4) is 0 Å². The lowest BCUT2D eigenvalue weighted by Crippen LogP contribution is -2.29. The van der Waals surface area contributed by atoms with Gasteiger partial charge < -0.3 is 9.40 Å². The van der Waals surface area contributed by atoms with Gasteiger partial charge in [-0.05, 0) is 23.8 Å². The zero-order valence-electron chi connectivity index (χ0n) is 11.8. The Balaban J connectivity index is 1.64. The number of rotatable bonds is 2. The van der Waals surface area contributed by atoms with E-state index >= 15 is 0 Å². The van der Waals surface area contributed by atoms with E-state index in [0.717, 1.165) is 42.7 Å². The molecule has 4 rings (SSSR count). The topological polar surface area (TPSA) is 45.1 Å². The number of H-pyrrole nitrogens is 1. The van der Waals surface area contributed by atoms with Crippen LogP contribution in [0.25, 0.3) is 10.9 Å².